The average molecular weight is 452 g/mol. The van der Waals surface area contributed by atoms with Crippen molar-refractivity contribution in [3.63, 3.8) is 0 Å². The van der Waals surface area contributed by atoms with Gasteiger partial charge in [-0.2, -0.15) is 0 Å². The van der Waals surface area contributed by atoms with Crippen molar-refractivity contribution in [1.29, 1.82) is 0 Å². The van der Waals surface area contributed by atoms with Gasteiger partial charge in [0.15, 0.2) is 5.82 Å². The summed E-state index contributed by atoms with van der Waals surface area (Å²) < 4.78 is 1.96. The molecule has 32 heavy (non-hydrogen) atoms. The van der Waals surface area contributed by atoms with Crippen molar-refractivity contribution in [2.45, 2.75) is 39.7 Å². The number of hydrogen-bond acceptors (Lipinski definition) is 7. The molecule has 0 saturated carbocycles. The molecular formula is C23H25N5O3S. The number of nitrogens with one attached hydrogen (secondary N) is 1. The van der Waals surface area contributed by atoms with Gasteiger partial charge in [-0.3, -0.25) is 14.4 Å². The van der Waals surface area contributed by atoms with Crippen LogP contribution in [0.15, 0.2) is 41.4 Å². The fourth-order valence-electron chi connectivity index (χ4n) is 3.84. The van der Waals surface area contributed by atoms with E-state index in [4.69, 9.17) is 10.2 Å². The summed E-state index contributed by atoms with van der Waals surface area (Å²) in [6.45, 7) is 6.44. The third-order valence-corrected chi connectivity index (χ3v) is 6.76. The van der Waals surface area contributed by atoms with Crippen LogP contribution in [0.1, 0.15) is 51.2 Å². The summed E-state index contributed by atoms with van der Waals surface area (Å²) in [5.74, 6) is 0.346. The highest BCUT2D eigenvalue weighted by Gasteiger charge is 2.32. The highest BCUT2D eigenvalue weighted by atomic mass is 32.1. The van der Waals surface area contributed by atoms with Gasteiger partial charge in [0.1, 0.15) is 16.9 Å². The van der Waals surface area contributed by atoms with E-state index in [-0.39, 0.29) is 6.42 Å². The molecule has 166 valence electrons. The third-order valence-electron chi connectivity index (χ3n) is 5.56. The number of aliphatic imine (C=N–C) groups is 1. The fourth-order valence-corrected chi connectivity index (χ4v) is 5.06. The maximum absolute atomic E-state index is 11.6. The summed E-state index contributed by atoms with van der Waals surface area (Å²) in [5.41, 5.74) is 7.08. The molecule has 2 aromatic heterocycles. The van der Waals surface area contributed by atoms with Gasteiger partial charge in [-0.1, -0.05) is 36.4 Å². The predicted molar refractivity (Wildman–Crippen MR) is 123 cm³/mol. The number of thiophene rings is 1. The van der Waals surface area contributed by atoms with Gasteiger partial charge in [0.05, 0.1) is 12.1 Å². The minimum Gasteiger partial charge on any atom is -0.481 e. The van der Waals surface area contributed by atoms with Crippen LogP contribution in [0.5, 0.6) is 0 Å². The molecule has 0 spiro atoms. The Kier molecular flexibility index (Phi) is 6.31. The third kappa shape index (κ3) is 4.14. The topological polar surface area (TPSA) is 113 Å². The van der Waals surface area contributed by atoms with E-state index in [2.05, 4.69) is 29.5 Å². The Morgan fingerprint density at radius 3 is 2.62 bits per heavy atom. The normalized spacial score (nSPS) is 15.4. The second-order valence-electron chi connectivity index (χ2n) is 7.73. The molecule has 0 aliphatic carbocycles. The largest absolute Gasteiger partial charge is 0.481 e. The van der Waals surface area contributed by atoms with Gasteiger partial charge < -0.3 is 10.3 Å². The standard InChI is InChI=1S/C23H25N5O3S/c1-13-14(2)32-23-20(13)21(17-9-7-16(8-10-17)6-4-5-11-24-31)25-18(12-19(29)30)22-27-26-15(3)28(22)23/h4-5,7-10,18,24,31H,6,11-12H2,1-3H3,(H,29,30)/b5-4+/t18-/m0/s1. The average Bonchev–Trinajstić information content (AvgIpc) is 3.24. The molecule has 3 aromatic rings. The molecule has 0 bridgehead atoms. The molecular weight excluding hydrogens is 426 g/mol. The Balaban J connectivity index is 1.82. The predicted octanol–water partition coefficient (Wildman–Crippen LogP) is 3.70. The maximum atomic E-state index is 11.6. The molecule has 3 heterocycles. The summed E-state index contributed by atoms with van der Waals surface area (Å²) in [6, 6.07) is 7.52. The lowest BCUT2D eigenvalue weighted by molar-refractivity contribution is -0.137. The zero-order valence-corrected chi connectivity index (χ0v) is 19.0. The molecule has 1 aliphatic heterocycles. The molecule has 8 nitrogen and oxygen atoms in total. The van der Waals surface area contributed by atoms with Gasteiger partial charge in [0.2, 0.25) is 0 Å². The van der Waals surface area contributed by atoms with Crippen molar-refractivity contribution in [3.8, 4) is 5.00 Å². The van der Waals surface area contributed by atoms with Crippen LogP contribution in [0.25, 0.3) is 5.00 Å². The number of nitrogens with zero attached hydrogens (tertiary/aromatic N) is 4. The van der Waals surface area contributed by atoms with Crippen LogP contribution in [0, 0.1) is 20.8 Å². The Hall–Kier alpha value is -3.14. The molecule has 1 aromatic carbocycles. The molecule has 0 saturated heterocycles. The Morgan fingerprint density at radius 2 is 1.94 bits per heavy atom. The van der Waals surface area contributed by atoms with Gasteiger partial charge in [-0.25, -0.2) is 5.48 Å². The number of allylic oxidation sites excluding steroid dienone is 1. The number of carboxylic acid groups (broad SMARTS) is 1. The lowest BCUT2D eigenvalue weighted by atomic mass is 9.98. The van der Waals surface area contributed by atoms with Crippen molar-refractivity contribution in [2.24, 2.45) is 4.99 Å². The summed E-state index contributed by atoms with van der Waals surface area (Å²) in [5, 5.41) is 27.7. The van der Waals surface area contributed by atoms with Gasteiger partial charge >= 0.3 is 5.97 Å². The van der Waals surface area contributed by atoms with E-state index in [9.17, 15) is 9.90 Å². The van der Waals surface area contributed by atoms with Crippen molar-refractivity contribution >= 4 is 23.0 Å². The first-order valence-corrected chi connectivity index (χ1v) is 11.2. The number of rotatable bonds is 7. The minimum absolute atomic E-state index is 0.156. The minimum atomic E-state index is -0.928. The summed E-state index contributed by atoms with van der Waals surface area (Å²) in [7, 11) is 0. The Morgan fingerprint density at radius 1 is 1.19 bits per heavy atom. The molecule has 1 aliphatic rings. The molecule has 4 rings (SSSR count). The van der Waals surface area contributed by atoms with E-state index in [1.165, 1.54) is 4.88 Å². The maximum Gasteiger partial charge on any atom is 0.306 e. The van der Waals surface area contributed by atoms with Crippen molar-refractivity contribution in [1.82, 2.24) is 20.2 Å². The van der Waals surface area contributed by atoms with Crippen LogP contribution in [0.3, 0.4) is 0 Å². The van der Waals surface area contributed by atoms with Gasteiger partial charge in [0, 0.05) is 22.5 Å². The van der Waals surface area contributed by atoms with Crippen LogP contribution < -0.4 is 5.48 Å². The monoisotopic (exact) mass is 451 g/mol. The smallest absolute Gasteiger partial charge is 0.306 e. The van der Waals surface area contributed by atoms with E-state index in [1.807, 2.05) is 47.9 Å². The SMILES string of the molecule is Cc1sc2c(c1C)C(c1ccc(C/C=C/CNO)cc1)=N[C@@H](CC(=O)O)c1nnc(C)n1-2. The number of hydroxylamine groups is 1. The van der Waals surface area contributed by atoms with Crippen molar-refractivity contribution < 1.29 is 15.1 Å². The number of fused-ring (bicyclic) bond motifs is 3. The van der Waals surface area contributed by atoms with Crippen LogP contribution in [0.2, 0.25) is 0 Å². The number of hydrogen-bond donors (Lipinski definition) is 3. The fraction of sp³-hybridized carbons (Fsp3) is 0.304. The first-order valence-electron chi connectivity index (χ1n) is 10.3. The first kappa shape index (κ1) is 22.1. The summed E-state index contributed by atoms with van der Waals surface area (Å²) >= 11 is 1.65. The number of aryl methyl sites for hydroxylation is 2. The van der Waals surface area contributed by atoms with E-state index >= 15 is 0 Å². The van der Waals surface area contributed by atoms with E-state index in [0.717, 1.165) is 39.4 Å². The molecule has 0 radical (unpaired) electrons. The number of benzene rings is 1. The highest BCUT2D eigenvalue weighted by Crippen LogP contribution is 2.39. The molecule has 0 unspecified atom stereocenters. The van der Waals surface area contributed by atoms with E-state index in [0.29, 0.717) is 18.2 Å². The Labute approximate surface area is 189 Å². The summed E-state index contributed by atoms with van der Waals surface area (Å²) in [4.78, 5) is 17.7. The second-order valence-corrected chi connectivity index (χ2v) is 8.93. The number of aliphatic carboxylic acids is 1. The van der Waals surface area contributed by atoms with Gasteiger partial charge in [0.25, 0.3) is 0 Å². The molecule has 1 atom stereocenters. The van der Waals surface area contributed by atoms with Crippen LogP contribution in [-0.2, 0) is 11.2 Å². The molecule has 9 heteroatoms. The van der Waals surface area contributed by atoms with Gasteiger partial charge in [-0.05, 0) is 38.3 Å². The zero-order valence-electron chi connectivity index (χ0n) is 18.2. The van der Waals surface area contributed by atoms with E-state index < -0.39 is 12.0 Å². The quantitative estimate of drug-likeness (QED) is 0.373. The number of carboxylic acids is 1. The van der Waals surface area contributed by atoms with Crippen molar-refractivity contribution in [2.75, 3.05) is 6.54 Å². The zero-order chi connectivity index (χ0) is 22.8. The van der Waals surface area contributed by atoms with Crippen LogP contribution >= 0.6 is 11.3 Å². The van der Waals surface area contributed by atoms with Gasteiger partial charge in [-0.15, -0.1) is 21.5 Å². The van der Waals surface area contributed by atoms with Crippen LogP contribution in [0.4, 0.5) is 0 Å². The Bertz CT molecular complexity index is 1210. The summed E-state index contributed by atoms with van der Waals surface area (Å²) in [6.07, 6.45) is 4.44. The van der Waals surface area contributed by atoms with Crippen molar-refractivity contribution in [3.05, 3.63) is 75.2 Å². The van der Waals surface area contributed by atoms with Crippen LogP contribution in [-0.4, -0.2) is 43.3 Å². The lowest BCUT2D eigenvalue weighted by Gasteiger charge is -2.11. The molecule has 0 fully saturated rings. The lowest BCUT2D eigenvalue weighted by Crippen LogP contribution is -2.10. The van der Waals surface area contributed by atoms with E-state index in [1.54, 1.807) is 11.3 Å². The molecule has 3 N–H and O–H groups in total. The molecule has 0 amide bonds. The first-order chi connectivity index (χ1) is 15.4. The highest BCUT2D eigenvalue weighted by molar-refractivity contribution is 7.15. The number of aromatic nitrogens is 3. The number of carbonyl (C=O) groups is 1. The second kappa shape index (κ2) is 9.15.